The average molecular weight is 268 g/mol. The number of hydrogen-bond acceptors (Lipinski definition) is 3. The minimum atomic E-state index is -0.0817. The molecule has 0 aromatic heterocycles. The van der Waals surface area contributed by atoms with Crippen molar-refractivity contribution in [1.82, 2.24) is 4.90 Å². The molecule has 0 aromatic rings. The fraction of sp³-hybridized carbons (Fsp3) is 1.00. The highest BCUT2D eigenvalue weighted by Gasteiger charge is 2.59. The Bertz CT molecular complexity index is 318. The van der Waals surface area contributed by atoms with Crippen LogP contribution in [0, 0.1) is 11.3 Å². The van der Waals surface area contributed by atoms with Gasteiger partial charge in [-0.15, -0.1) is 0 Å². The van der Waals surface area contributed by atoms with Crippen LogP contribution in [0.2, 0.25) is 0 Å². The van der Waals surface area contributed by atoms with Crippen LogP contribution in [0.1, 0.15) is 53.9 Å². The molecule has 19 heavy (non-hydrogen) atoms. The normalized spacial score (nSPS) is 42.9. The van der Waals surface area contributed by atoms with Gasteiger partial charge in [0, 0.05) is 30.1 Å². The Morgan fingerprint density at radius 2 is 2.00 bits per heavy atom. The standard InChI is InChI=1S/C16H32N2O/c1-6-19-14-10-16(17,15(14,4)5)11-18-8-7-12(2)9-13(18)3/h12-14H,6-11,17H2,1-5H3. The molecule has 1 saturated heterocycles. The zero-order valence-corrected chi connectivity index (χ0v) is 13.4. The number of ether oxygens (including phenoxy) is 1. The van der Waals surface area contributed by atoms with Crippen molar-refractivity contribution in [2.75, 3.05) is 19.7 Å². The van der Waals surface area contributed by atoms with Crippen LogP contribution in [0.15, 0.2) is 0 Å². The number of hydrogen-bond donors (Lipinski definition) is 1. The number of piperidine rings is 1. The smallest absolute Gasteiger partial charge is 0.0662 e. The quantitative estimate of drug-likeness (QED) is 0.852. The highest BCUT2D eigenvalue weighted by atomic mass is 16.5. The van der Waals surface area contributed by atoms with Crippen LogP contribution in [-0.2, 0) is 4.74 Å². The summed E-state index contributed by atoms with van der Waals surface area (Å²) in [6.07, 6.45) is 3.97. The predicted octanol–water partition coefficient (Wildman–Crippen LogP) is 2.64. The number of rotatable bonds is 4. The van der Waals surface area contributed by atoms with E-state index >= 15 is 0 Å². The summed E-state index contributed by atoms with van der Waals surface area (Å²) in [5.74, 6) is 0.866. The second-order valence-corrected chi connectivity index (χ2v) is 7.47. The van der Waals surface area contributed by atoms with Crippen molar-refractivity contribution >= 4 is 0 Å². The van der Waals surface area contributed by atoms with Gasteiger partial charge in [-0.05, 0) is 45.6 Å². The first-order valence-corrected chi connectivity index (χ1v) is 7.94. The molecule has 2 rings (SSSR count). The second kappa shape index (κ2) is 5.34. The third-order valence-corrected chi connectivity index (χ3v) is 5.77. The van der Waals surface area contributed by atoms with Crippen molar-refractivity contribution < 1.29 is 4.74 Å². The van der Waals surface area contributed by atoms with E-state index in [-0.39, 0.29) is 11.0 Å². The Kier molecular flexibility index (Phi) is 4.29. The third kappa shape index (κ3) is 2.70. The van der Waals surface area contributed by atoms with E-state index in [0.717, 1.165) is 25.5 Å². The molecule has 2 N–H and O–H groups in total. The van der Waals surface area contributed by atoms with E-state index < -0.39 is 0 Å². The summed E-state index contributed by atoms with van der Waals surface area (Å²) in [4.78, 5) is 2.60. The summed E-state index contributed by atoms with van der Waals surface area (Å²) in [5, 5.41) is 0. The van der Waals surface area contributed by atoms with Crippen LogP contribution < -0.4 is 5.73 Å². The molecule has 0 bridgehead atoms. The van der Waals surface area contributed by atoms with Crippen molar-refractivity contribution in [3.63, 3.8) is 0 Å². The van der Waals surface area contributed by atoms with Gasteiger partial charge >= 0.3 is 0 Å². The van der Waals surface area contributed by atoms with E-state index in [1.807, 2.05) is 0 Å². The zero-order valence-electron chi connectivity index (χ0n) is 13.4. The SMILES string of the molecule is CCOC1CC(N)(CN2CCC(C)CC2C)C1(C)C. The Hall–Kier alpha value is -0.120. The number of likely N-dealkylation sites (tertiary alicyclic amines) is 1. The zero-order chi connectivity index (χ0) is 14.3. The lowest BCUT2D eigenvalue weighted by atomic mass is 9.54. The van der Waals surface area contributed by atoms with E-state index in [1.54, 1.807) is 0 Å². The average Bonchev–Trinajstić information content (AvgIpc) is 2.32. The molecule has 1 aliphatic carbocycles. The van der Waals surface area contributed by atoms with Crippen molar-refractivity contribution in [1.29, 1.82) is 0 Å². The summed E-state index contributed by atoms with van der Waals surface area (Å²) >= 11 is 0. The van der Waals surface area contributed by atoms with Crippen LogP contribution in [-0.4, -0.2) is 42.3 Å². The van der Waals surface area contributed by atoms with Gasteiger partial charge in [0.2, 0.25) is 0 Å². The van der Waals surface area contributed by atoms with Gasteiger partial charge in [0.1, 0.15) is 0 Å². The third-order valence-electron chi connectivity index (χ3n) is 5.77. The fourth-order valence-electron chi connectivity index (χ4n) is 3.83. The monoisotopic (exact) mass is 268 g/mol. The van der Waals surface area contributed by atoms with Gasteiger partial charge in [-0.2, -0.15) is 0 Å². The van der Waals surface area contributed by atoms with E-state index in [0.29, 0.717) is 12.1 Å². The molecule has 0 radical (unpaired) electrons. The summed E-state index contributed by atoms with van der Waals surface area (Å²) in [6.45, 7) is 14.4. The van der Waals surface area contributed by atoms with Gasteiger partial charge in [-0.1, -0.05) is 20.8 Å². The Labute approximate surface area is 118 Å². The highest BCUT2D eigenvalue weighted by molar-refractivity contribution is 5.15. The van der Waals surface area contributed by atoms with E-state index in [2.05, 4.69) is 39.5 Å². The molecule has 0 amide bonds. The molecule has 4 unspecified atom stereocenters. The van der Waals surface area contributed by atoms with Gasteiger partial charge < -0.3 is 10.5 Å². The molecule has 1 heterocycles. The number of nitrogens with zero attached hydrogens (tertiary/aromatic N) is 1. The topological polar surface area (TPSA) is 38.5 Å². The molecule has 3 nitrogen and oxygen atoms in total. The molecule has 0 spiro atoms. The first-order valence-electron chi connectivity index (χ1n) is 7.94. The van der Waals surface area contributed by atoms with Crippen molar-refractivity contribution in [3.8, 4) is 0 Å². The molecule has 2 fully saturated rings. The maximum atomic E-state index is 6.71. The molecule has 112 valence electrons. The van der Waals surface area contributed by atoms with E-state index in [9.17, 15) is 0 Å². The van der Waals surface area contributed by atoms with Gasteiger partial charge in [-0.3, -0.25) is 4.90 Å². The van der Waals surface area contributed by atoms with Crippen LogP contribution in [0.5, 0.6) is 0 Å². The lowest BCUT2D eigenvalue weighted by Crippen LogP contribution is -2.74. The van der Waals surface area contributed by atoms with Crippen molar-refractivity contribution in [2.24, 2.45) is 17.1 Å². The summed E-state index contributed by atoms with van der Waals surface area (Å²) in [6, 6.07) is 0.672. The minimum Gasteiger partial charge on any atom is -0.378 e. The van der Waals surface area contributed by atoms with E-state index in [1.165, 1.54) is 19.4 Å². The van der Waals surface area contributed by atoms with Gasteiger partial charge in [-0.25, -0.2) is 0 Å². The summed E-state index contributed by atoms with van der Waals surface area (Å²) in [5.41, 5.74) is 6.71. The van der Waals surface area contributed by atoms with Crippen LogP contribution >= 0.6 is 0 Å². The molecule has 2 aliphatic rings. The van der Waals surface area contributed by atoms with Crippen molar-refractivity contribution in [2.45, 2.75) is 71.6 Å². The highest BCUT2D eigenvalue weighted by Crippen LogP contribution is 2.50. The van der Waals surface area contributed by atoms with Gasteiger partial charge in [0.15, 0.2) is 0 Å². The maximum absolute atomic E-state index is 6.71. The predicted molar refractivity (Wildman–Crippen MR) is 80.2 cm³/mol. The van der Waals surface area contributed by atoms with E-state index in [4.69, 9.17) is 10.5 Å². The largest absolute Gasteiger partial charge is 0.378 e. The molecule has 3 heteroatoms. The first kappa shape index (κ1) is 15.3. The first-order chi connectivity index (χ1) is 8.80. The Morgan fingerprint density at radius 3 is 2.53 bits per heavy atom. The Morgan fingerprint density at radius 1 is 1.32 bits per heavy atom. The Balaban J connectivity index is 1.96. The van der Waals surface area contributed by atoms with Crippen molar-refractivity contribution in [3.05, 3.63) is 0 Å². The van der Waals surface area contributed by atoms with Crippen LogP contribution in [0.25, 0.3) is 0 Å². The second-order valence-electron chi connectivity index (χ2n) is 7.47. The van der Waals surface area contributed by atoms with Crippen LogP contribution in [0.3, 0.4) is 0 Å². The molecular formula is C16H32N2O. The fourth-order valence-corrected chi connectivity index (χ4v) is 3.83. The van der Waals surface area contributed by atoms with Gasteiger partial charge in [0.05, 0.1) is 6.10 Å². The lowest BCUT2D eigenvalue weighted by Gasteiger charge is -2.61. The van der Waals surface area contributed by atoms with Gasteiger partial charge in [0.25, 0.3) is 0 Å². The summed E-state index contributed by atoms with van der Waals surface area (Å²) < 4.78 is 5.82. The molecule has 1 saturated carbocycles. The molecular weight excluding hydrogens is 236 g/mol. The number of nitrogens with two attached hydrogens (primary N) is 1. The minimum absolute atomic E-state index is 0.0817. The lowest BCUT2D eigenvalue weighted by molar-refractivity contribution is -0.159. The van der Waals surface area contributed by atoms with Crippen LogP contribution in [0.4, 0.5) is 0 Å². The molecule has 0 aromatic carbocycles. The molecule has 4 atom stereocenters. The summed E-state index contributed by atoms with van der Waals surface area (Å²) in [7, 11) is 0. The maximum Gasteiger partial charge on any atom is 0.0662 e. The molecule has 1 aliphatic heterocycles.